The second kappa shape index (κ2) is 16.7. The molecule has 0 spiro atoms. The molecule has 0 rings (SSSR count). The molecule has 0 aliphatic carbocycles. The molecular formula is C17H36N2O3. The molecule has 0 aliphatic heterocycles. The van der Waals surface area contributed by atoms with Gasteiger partial charge in [-0.2, -0.15) is 0 Å². The summed E-state index contributed by atoms with van der Waals surface area (Å²) >= 11 is 0. The number of rotatable bonds is 16. The fourth-order valence-electron chi connectivity index (χ4n) is 2.36. The molecule has 0 fully saturated rings. The van der Waals surface area contributed by atoms with E-state index in [-0.39, 0.29) is 12.5 Å². The van der Waals surface area contributed by atoms with Gasteiger partial charge in [0.1, 0.15) is 0 Å². The van der Waals surface area contributed by atoms with Gasteiger partial charge in [-0.25, -0.2) is 0 Å². The average molecular weight is 316 g/mol. The van der Waals surface area contributed by atoms with Crippen LogP contribution in [-0.4, -0.2) is 42.0 Å². The van der Waals surface area contributed by atoms with Crippen LogP contribution in [0.2, 0.25) is 0 Å². The van der Waals surface area contributed by atoms with Crippen molar-refractivity contribution in [3.63, 3.8) is 0 Å². The molecule has 0 unspecified atom stereocenters. The number of aliphatic hydroxyl groups excluding tert-OH is 1. The van der Waals surface area contributed by atoms with E-state index in [9.17, 15) is 4.79 Å². The van der Waals surface area contributed by atoms with Gasteiger partial charge in [0, 0.05) is 19.5 Å². The van der Waals surface area contributed by atoms with Crippen LogP contribution in [0.25, 0.3) is 0 Å². The zero-order valence-electron chi connectivity index (χ0n) is 14.3. The number of carbonyl (C=O) groups excluding carboxylic acids is 1. The highest BCUT2D eigenvalue weighted by molar-refractivity contribution is 5.75. The Kier molecular flexibility index (Phi) is 16.2. The molecule has 5 nitrogen and oxygen atoms in total. The summed E-state index contributed by atoms with van der Waals surface area (Å²) in [5, 5.41) is 23.0. The van der Waals surface area contributed by atoms with Gasteiger partial charge in [0.2, 0.25) is 5.91 Å². The lowest BCUT2D eigenvalue weighted by Gasteiger charge is -2.07. The molecule has 0 aromatic carbocycles. The Bertz CT molecular complexity index is 248. The molecule has 0 aliphatic rings. The maximum atomic E-state index is 11.6. The number of hydrogen-bond donors (Lipinski definition) is 4. The van der Waals surface area contributed by atoms with Gasteiger partial charge < -0.3 is 20.8 Å². The van der Waals surface area contributed by atoms with Crippen molar-refractivity contribution in [1.82, 2.24) is 10.6 Å². The molecule has 0 aromatic rings. The van der Waals surface area contributed by atoms with Crippen molar-refractivity contribution in [3.8, 4) is 0 Å². The van der Waals surface area contributed by atoms with Gasteiger partial charge in [-0.05, 0) is 19.4 Å². The van der Waals surface area contributed by atoms with Crippen molar-refractivity contribution < 1.29 is 15.0 Å². The van der Waals surface area contributed by atoms with E-state index < -0.39 is 6.29 Å². The molecule has 0 saturated heterocycles. The van der Waals surface area contributed by atoms with Crippen LogP contribution in [0.1, 0.15) is 77.6 Å². The van der Waals surface area contributed by atoms with Crippen LogP contribution in [0.15, 0.2) is 0 Å². The summed E-state index contributed by atoms with van der Waals surface area (Å²) in [5.41, 5.74) is 0. The van der Waals surface area contributed by atoms with Crippen molar-refractivity contribution in [2.45, 2.75) is 83.8 Å². The van der Waals surface area contributed by atoms with Gasteiger partial charge in [0.25, 0.3) is 0 Å². The topological polar surface area (TPSA) is 81.6 Å². The third kappa shape index (κ3) is 17.4. The average Bonchev–Trinajstić information content (AvgIpc) is 2.48. The molecular weight excluding hydrogens is 280 g/mol. The number of aliphatic hydroxyl groups is 2. The van der Waals surface area contributed by atoms with Crippen LogP contribution in [0.3, 0.4) is 0 Å². The first-order valence-electron chi connectivity index (χ1n) is 9.00. The van der Waals surface area contributed by atoms with Crippen molar-refractivity contribution in [2.75, 3.05) is 19.6 Å². The van der Waals surface area contributed by atoms with Crippen LogP contribution < -0.4 is 10.6 Å². The monoisotopic (exact) mass is 316 g/mol. The number of nitrogens with one attached hydrogen (secondary N) is 2. The summed E-state index contributed by atoms with van der Waals surface area (Å²) < 4.78 is 0. The summed E-state index contributed by atoms with van der Waals surface area (Å²) in [6.07, 6.45) is 11.5. The Morgan fingerprint density at radius 2 is 1.45 bits per heavy atom. The molecule has 132 valence electrons. The summed E-state index contributed by atoms with van der Waals surface area (Å²) in [6, 6.07) is 0. The molecule has 4 N–H and O–H groups in total. The predicted molar refractivity (Wildman–Crippen MR) is 90.6 cm³/mol. The lowest BCUT2D eigenvalue weighted by atomic mass is 10.1. The van der Waals surface area contributed by atoms with E-state index in [0.29, 0.717) is 19.5 Å². The van der Waals surface area contributed by atoms with Crippen LogP contribution in [-0.2, 0) is 4.79 Å². The van der Waals surface area contributed by atoms with Crippen LogP contribution in [0.4, 0.5) is 0 Å². The summed E-state index contributed by atoms with van der Waals surface area (Å²) in [4.78, 5) is 11.6. The predicted octanol–water partition coefficient (Wildman–Crippen LogP) is 2.31. The largest absolute Gasteiger partial charge is 0.367 e. The number of unbranched alkanes of at least 4 members (excludes halogenated alkanes) is 8. The summed E-state index contributed by atoms with van der Waals surface area (Å²) in [5.74, 6) is 0.130. The molecule has 0 bridgehead atoms. The maximum absolute atomic E-state index is 11.6. The van der Waals surface area contributed by atoms with Gasteiger partial charge in [-0.3, -0.25) is 4.79 Å². The van der Waals surface area contributed by atoms with E-state index >= 15 is 0 Å². The Morgan fingerprint density at radius 3 is 2.05 bits per heavy atom. The van der Waals surface area contributed by atoms with Crippen molar-refractivity contribution in [1.29, 1.82) is 0 Å². The minimum absolute atomic E-state index is 0.130. The summed E-state index contributed by atoms with van der Waals surface area (Å²) in [7, 11) is 0. The maximum Gasteiger partial charge on any atom is 0.219 e. The first-order chi connectivity index (χ1) is 10.7. The van der Waals surface area contributed by atoms with E-state index in [1.165, 1.54) is 44.9 Å². The fraction of sp³-hybridized carbons (Fsp3) is 0.941. The third-order valence-electron chi connectivity index (χ3n) is 3.69. The van der Waals surface area contributed by atoms with Crippen LogP contribution in [0, 0.1) is 0 Å². The van der Waals surface area contributed by atoms with Crippen molar-refractivity contribution >= 4 is 5.91 Å². The molecule has 22 heavy (non-hydrogen) atoms. The van der Waals surface area contributed by atoms with Gasteiger partial charge in [-0.1, -0.05) is 58.3 Å². The molecule has 0 heterocycles. The van der Waals surface area contributed by atoms with E-state index in [1.54, 1.807) is 0 Å². The van der Waals surface area contributed by atoms with E-state index in [4.69, 9.17) is 10.2 Å². The highest BCUT2D eigenvalue weighted by Crippen LogP contribution is 2.10. The van der Waals surface area contributed by atoms with E-state index in [2.05, 4.69) is 17.6 Å². The lowest BCUT2D eigenvalue weighted by Crippen LogP contribution is -2.30. The second-order valence-electron chi connectivity index (χ2n) is 5.97. The molecule has 0 atom stereocenters. The summed E-state index contributed by atoms with van der Waals surface area (Å²) in [6.45, 7) is 3.73. The van der Waals surface area contributed by atoms with Crippen LogP contribution >= 0.6 is 0 Å². The third-order valence-corrected chi connectivity index (χ3v) is 3.69. The fourth-order valence-corrected chi connectivity index (χ4v) is 2.36. The highest BCUT2D eigenvalue weighted by Gasteiger charge is 2.01. The Labute approximate surface area is 135 Å². The smallest absolute Gasteiger partial charge is 0.219 e. The van der Waals surface area contributed by atoms with Gasteiger partial charge in [0.15, 0.2) is 6.29 Å². The van der Waals surface area contributed by atoms with Crippen LogP contribution in [0.5, 0.6) is 0 Å². The molecule has 0 radical (unpaired) electrons. The zero-order valence-corrected chi connectivity index (χ0v) is 14.3. The number of carbonyl (C=O) groups is 1. The van der Waals surface area contributed by atoms with Crippen molar-refractivity contribution in [3.05, 3.63) is 0 Å². The Hall–Kier alpha value is -0.650. The minimum atomic E-state index is -1.30. The Balaban J connectivity index is 3.16. The quantitative estimate of drug-likeness (QED) is 0.260. The Morgan fingerprint density at radius 1 is 0.864 bits per heavy atom. The lowest BCUT2D eigenvalue weighted by molar-refractivity contribution is -0.121. The highest BCUT2D eigenvalue weighted by atomic mass is 16.5. The first kappa shape index (κ1) is 21.4. The molecule has 5 heteroatoms. The van der Waals surface area contributed by atoms with Gasteiger partial charge >= 0.3 is 0 Å². The molecule has 0 saturated carbocycles. The zero-order chi connectivity index (χ0) is 16.5. The SMILES string of the molecule is CCCCCCCCCCCC(=O)NCCCNCC(O)O. The normalized spacial score (nSPS) is 11.1. The molecule has 1 amide bonds. The number of amides is 1. The van der Waals surface area contributed by atoms with Gasteiger partial charge in [0.05, 0.1) is 0 Å². The standard InChI is InChI=1S/C17H36N2O3/c1-2-3-4-5-6-7-8-9-10-12-16(20)19-14-11-13-18-15-17(21)22/h17-18,21-22H,2-15H2,1H3,(H,19,20). The van der Waals surface area contributed by atoms with Gasteiger partial charge in [-0.15, -0.1) is 0 Å². The van der Waals surface area contributed by atoms with Crippen molar-refractivity contribution in [2.24, 2.45) is 0 Å². The second-order valence-corrected chi connectivity index (χ2v) is 5.97. The first-order valence-corrected chi connectivity index (χ1v) is 9.00. The van der Waals surface area contributed by atoms with E-state index in [0.717, 1.165) is 19.3 Å². The molecule has 0 aromatic heterocycles. The minimum Gasteiger partial charge on any atom is -0.367 e. The number of hydrogen-bond acceptors (Lipinski definition) is 4. The van der Waals surface area contributed by atoms with E-state index in [1.807, 2.05) is 0 Å².